The summed E-state index contributed by atoms with van der Waals surface area (Å²) in [6.07, 6.45) is 4.94. The molecule has 3 atom stereocenters. The number of para-hydroxylation sites is 1. The molecule has 4 aliphatic rings. The first-order valence-electron chi connectivity index (χ1n) is 11.1. The van der Waals surface area contributed by atoms with Crippen LogP contribution in [0.1, 0.15) is 37.7 Å². The van der Waals surface area contributed by atoms with Crippen LogP contribution in [0.4, 0.5) is 5.69 Å². The summed E-state index contributed by atoms with van der Waals surface area (Å²) in [5.74, 6) is 0.397. The van der Waals surface area contributed by atoms with Gasteiger partial charge in [-0.15, -0.1) is 0 Å². The van der Waals surface area contributed by atoms with E-state index >= 15 is 0 Å². The van der Waals surface area contributed by atoms with E-state index < -0.39 is 5.54 Å². The molecule has 168 valence electrons. The predicted molar refractivity (Wildman–Crippen MR) is 114 cm³/mol. The van der Waals surface area contributed by atoms with Crippen LogP contribution < -0.4 is 5.32 Å². The van der Waals surface area contributed by atoms with Crippen molar-refractivity contribution in [2.45, 2.75) is 43.7 Å². The highest BCUT2D eigenvalue weighted by molar-refractivity contribution is 6.09. The Labute approximate surface area is 182 Å². The van der Waals surface area contributed by atoms with Gasteiger partial charge in [0, 0.05) is 44.1 Å². The summed E-state index contributed by atoms with van der Waals surface area (Å²) in [6, 6.07) is 8.27. The number of ether oxygens (including phenoxy) is 1. The van der Waals surface area contributed by atoms with Crippen LogP contribution in [-0.4, -0.2) is 72.6 Å². The fourth-order valence-corrected chi connectivity index (χ4v) is 6.14. The van der Waals surface area contributed by atoms with Gasteiger partial charge in [-0.2, -0.15) is 0 Å². The van der Waals surface area contributed by atoms with Crippen LogP contribution in [-0.2, 0) is 24.7 Å². The highest BCUT2D eigenvalue weighted by Gasteiger charge is 2.65. The number of hydrogen-bond acceptors (Lipinski definition) is 5. The van der Waals surface area contributed by atoms with Gasteiger partial charge < -0.3 is 20.1 Å². The summed E-state index contributed by atoms with van der Waals surface area (Å²) in [5, 5.41) is 9.98. The molecule has 3 fully saturated rings. The van der Waals surface area contributed by atoms with Crippen LogP contribution in [0.2, 0.25) is 0 Å². The number of nitrogens with zero attached hydrogens (tertiary/aromatic N) is 2. The molecular formula is C23H31N3O5. The summed E-state index contributed by atoms with van der Waals surface area (Å²) in [5.41, 5.74) is 1.05. The second-order valence-corrected chi connectivity index (χ2v) is 8.87. The van der Waals surface area contributed by atoms with E-state index in [2.05, 4.69) is 10.2 Å². The largest absolute Gasteiger partial charge is 0.483 e. The van der Waals surface area contributed by atoms with Crippen LogP contribution in [0.15, 0.2) is 24.3 Å². The third-order valence-electron chi connectivity index (χ3n) is 7.40. The summed E-state index contributed by atoms with van der Waals surface area (Å²) in [7, 11) is 1.74. The number of piperidine rings is 1. The Balaban J connectivity index is 0.000000730. The fraction of sp³-hybridized carbons (Fsp3) is 0.609. The second-order valence-electron chi connectivity index (χ2n) is 8.87. The van der Waals surface area contributed by atoms with E-state index in [1.54, 1.807) is 7.11 Å². The lowest BCUT2D eigenvalue weighted by Gasteiger charge is -2.40. The molecule has 0 bridgehead atoms. The lowest BCUT2D eigenvalue weighted by Crippen LogP contribution is -2.55. The Bertz CT molecular complexity index is 838. The predicted octanol–water partition coefficient (Wildman–Crippen LogP) is 1.90. The molecule has 2 N–H and O–H groups in total. The number of anilines is 1. The molecule has 1 aromatic rings. The molecule has 5 rings (SSSR count). The molecule has 0 unspecified atom stereocenters. The van der Waals surface area contributed by atoms with Crippen molar-refractivity contribution in [3.05, 3.63) is 29.8 Å². The van der Waals surface area contributed by atoms with Gasteiger partial charge in [0.25, 0.3) is 6.47 Å². The first-order valence-corrected chi connectivity index (χ1v) is 11.1. The van der Waals surface area contributed by atoms with Crippen molar-refractivity contribution in [3.63, 3.8) is 0 Å². The summed E-state index contributed by atoms with van der Waals surface area (Å²) < 4.78 is 5.29. The third-order valence-corrected chi connectivity index (χ3v) is 7.40. The van der Waals surface area contributed by atoms with E-state index in [-0.39, 0.29) is 24.2 Å². The normalized spacial score (nSPS) is 29.8. The Morgan fingerprint density at radius 1 is 1.26 bits per heavy atom. The van der Waals surface area contributed by atoms with Crippen molar-refractivity contribution in [1.29, 1.82) is 0 Å². The number of likely N-dealkylation sites (tertiary alicyclic amines) is 1. The number of fused-ring (bicyclic) bond motifs is 4. The number of methoxy groups -OCH3 is 1. The molecule has 3 saturated heterocycles. The van der Waals surface area contributed by atoms with E-state index in [1.165, 1.54) is 0 Å². The summed E-state index contributed by atoms with van der Waals surface area (Å²) >= 11 is 0. The van der Waals surface area contributed by atoms with Gasteiger partial charge in [-0.25, -0.2) is 0 Å². The topological polar surface area (TPSA) is 99.2 Å². The number of carboxylic acid groups (broad SMARTS) is 1. The molecule has 8 nitrogen and oxygen atoms in total. The Kier molecular flexibility index (Phi) is 6.29. The Morgan fingerprint density at radius 2 is 1.97 bits per heavy atom. The molecule has 1 spiro atoms. The minimum Gasteiger partial charge on any atom is -0.483 e. The molecule has 4 aliphatic heterocycles. The highest BCUT2D eigenvalue weighted by atomic mass is 16.5. The molecule has 0 saturated carbocycles. The molecule has 31 heavy (non-hydrogen) atoms. The quantitative estimate of drug-likeness (QED) is 0.712. The fourth-order valence-electron chi connectivity index (χ4n) is 6.14. The number of benzene rings is 1. The maximum absolute atomic E-state index is 13.7. The lowest BCUT2D eigenvalue weighted by atomic mass is 9.77. The van der Waals surface area contributed by atoms with E-state index in [0.717, 1.165) is 69.6 Å². The van der Waals surface area contributed by atoms with Crippen molar-refractivity contribution in [2.24, 2.45) is 11.8 Å². The van der Waals surface area contributed by atoms with Gasteiger partial charge in [-0.1, -0.05) is 18.2 Å². The number of carbonyl (C=O) groups excluding carboxylic acids is 2. The minimum atomic E-state index is -0.821. The average Bonchev–Trinajstić information content (AvgIpc) is 3.43. The van der Waals surface area contributed by atoms with Crippen LogP contribution in [0.25, 0.3) is 0 Å². The van der Waals surface area contributed by atoms with Crippen molar-refractivity contribution < 1.29 is 24.2 Å². The maximum atomic E-state index is 13.7. The van der Waals surface area contributed by atoms with Crippen molar-refractivity contribution >= 4 is 24.0 Å². The maximum Gasteiger partial charge on any atom is 0.290 e. The SMILES string of the molecule is COCC1CCN(C(=O)[C@@H]2C[C@H]3CCCN3[C@]23C(=O)Nc2ccccc23)CC1.O=CO. The van der Waals surface area contributed by atoms with Gasteiger partial charge in [-0.3, -0.25) is 19.3 Å². The van der Waals surface area contributed by atoms with E-state index in [1.807, 2.05) is 29.2 Å². The van der Waals surface area contributed by atoms with Gasteiger partial charge in [0.1, 0.15) is 5.54 Å². The first kappa shape index (κ1) is 21.8. The number of nitrogens with one attached hydrogen (secondary N) is 1. The van der Waals surface area contributed by atoms with Crippen molar-refractivity contribution in [3.8, 4) is 0 Å². The van der Waals surface area contributed by atoms with Crippen LogP contribution in [0.5, 0.6) is 0 Å². The third kappa shape index (κ3) is 3.51. The van der Waals surface area contributed by atoms with Gasteiger partial charge >= 0.3 is 0 Å². The molecular weight excluding hydrogens is 398 g/mol. The van der Waals surface area contributed by atoms with Gasteiger partial charge in [0.2, 0.25) is 11.8 Å². The molecule has 8 heteroatoms. The van der Waals surface area contributed by atoms with Gasteiger partial charge in [-0.05, 0) is 50.6 Å². The molecule has 4 heterocycles. The highest BCUT2D eigenvalue weighted by Crippen LogP contribution is 2.55. The Morgan fingerprint density at radius 3 is 2.68 bits per heavy atom. The molecule has 0 aliphatic carbocycles. The zero-order valence-corrected chi connectivity index (χ0v) is 18.0. The van der Waals surface area contributed by atoms with E-state index in [0.29, 0.717) is 12.0 Å². The minimum absolute atomic E-state index is 0.00859. The molecule has 0 aromatic heterocycles. The first-order chi connectivity index (χ1) is 15.1. The van der Waals surface area contributed by atoms with Crippen molar-refractivity contribution in [1.82, 2.24) is 9.80 Å². The molecule has 0 radical (unpaired) electrons. The lowest BCUT2D eigenvalue weighted by molar-refractivity contribution is -0.145. The summed E-state index contributed by atoms with van der Waals surface area (Å²) in [4.78, 5) is 39.8. The van der Waals surface area contributed by atoms with E-state index in [9.17, 15) is 9.59 Å². The van der Waals surface area contributed by atoms with Gasteiger partial charge in [0.05, 0.1) is 5.92 Å². The molecule has 2 amide bonds. The monoisotopic (exact) mass is 429 g/mol. The van der Waals surface area contributed by atoms with E-state index in [4.69, 9.17) is 14.6 Å². The standard InChI is InChI=1S/C22H29N3O3.CH2O2/c1-28-14-15-8-11-24(12-9-15)20(26)18-13-16-5-4-10-25(16)22(18)17-6-2-3-7-19(17)23-21(22)27;2-1-3/h2-3,6-7,15-16,18H,4-5,8-14H2,1H3,(H,23,27);1H,(H,2,3)/t16-,18+,22+;/m1./s1. The van der Waals surface area contributed by atoms with Gasteiger partial charge in [0.15, 0.2) is 0 Å². The zero-order valence-electron chi connectivity index (χ0n) is 18.0. The van der Waals surface area contributed by atoms with Crippen LogP contribution in [0, 0.1) is 11.8 Å². The number of rotatable bonds is 3. The molecule has 1 aromatic carbocycles. The number of amides is 2. The smallest absolute Gasteiger partial charge is 0.290 e. The Hall–Kier alpha value is -2.45. The zero-order chi connectivity index (χ0) is 22.0. The number of carbonyl (C=O) groups is 3. The second kappa shape index (κ2) is 8.96. The van der Waals surface area contributed by atoms with Crippen LogP contribution in [0.3, 0.4) is 0 Å². The summed E-state index contributed by atoms with van der Waals surface area (Å²) in [6.45, 7) is 2.95. The van der Waals surface area contributed by atoms with Crippen molar-refractivity contribution in [2.75, 3.05) is 38.7 Å². The van der Waals surface area contributed by atoms with Crippen LogP contribution >= 0.6 is 0 Å². The average molecular weight is 430 g/mol. The number of hydrogen-bond donors (Lipinski definition) is 2.